The fraction of sp³-hybridized carbons (Fsp3) is 0.0870. The Labute approximate surface area is 186 Å². The minimum Gasteiger partial charge on any atom is -0.320 e. The third-order valence-corrected chi connectivity index (χ3v) is 5.66. The summed E-state index contributed by atoms with van der Waals surface area (Å²) in [6, 6.07) is 18.4. The molecule has 0 bridgehead atoms. The van der Waals surface area contributed by atoms with E-state index in [-0.39, 0.29) is 5.82 Å². The van der Waals surface area contributed by atoms with Crippen molar-refractivity contribution < 1.29 is 18.0 Å². The number of nitrogens with one attached hydrogen (secondary N) is 1. The Bertz CT molecular complexity index is 1230. The number of halogens is 3. The highest BCUT2D eigenvalue weighted by Crippen LogP contribution is 2.31. The Morgan fingerprint density at radius 2 is 1.56 bits per heavy atom. The van der Waals surface area contributed by atoms with Gasteiger partial charge in [0.1, 0.15) is 23.1 Å². The highest BCUT2D eigenvalue weighted by atomic mass is 32.2. The average molecular weight is 454 g/mol. The van der Waals surface area contributed by atoms with Crippen LogP contribution in [0.15, 0.2) is 78.0 Å². The lowest BCUT2D eigenvalue weighted by atomic mass is 10.2. The molecule has 1 aromatic heterocycles. The number of rotatable bonds is 6. The quantitative estimate of drug-likeness (QED) is 0.393. The van der Waals surface area contributed by atoms with E-state index in [9.17, 15) is 18.0 Å². The first-order valence-electron chi connectivity index (χ1n) is 9.62. The van der Waals surface area contributed by atoms with E-state index in [1.54, 1.807) is 23.6 Å². The van der Waals surface area contributed by atoms with E-state index in [4.69, 9.17) is 0 Å². The van der Waals surface area contributed by atoms with Crippen molar-refractivity contribution in [3.05, 3.63) is 90.2 Å². The minimum atomic E-state index is -0.860. The summed E-state index contributed by atoms with van der Waals surface area (Å²) in [6.07, 6.45) is 0. The summed E-state index contributed by atoms with van der Waals surface area (Å²) < 4.78 is 42.9. The van der Waals surface area contributed by atoms with Gasteiger partial charge in [-0.25, -0.2) is 13.2 Å². The molecule has 1 N–H and O–H groups in total. The lowest BCUT2D eigenvalue weighted by Gasteiger charge is -2.14. The summed E-state index contributed by atoms with van der Waals surface area (Å²) in [4.78, 5) is 12.6. The van der Waals surface area contributed by atoms with Gasteiger partial charge in [-0.1, -0.05) is 36.0 Å². The first-order chi connectivity index (χ1) is 15.4. The van der Waals surface area contributed by atoms with Crippen molar-refractivity contribution in [2.45, 2.75) is 17.3 Å². The van der Waals surface area contributed by atoms with E-state index >= 15 is 0 Å². The smallest absolute Gasteiger partial charge is 0.237 e. The maximum absolute atomic E-state index is 13.9. The van der Waals surface area contributed by atoms with Crippen LogP contribution >= 0.6 is 11.8 Å². The van der Waals surface area contributed by atoms with E-state index in [0.717, 1.165) is 29.6 Å². The Morgan fingerprint density at radius 3 is 2.22 bits per heavy atom. The zero-order valence-electron chi connectivity index (χ0n) is 16.8. The molecule has 0 saturated heterocycles. The molecular formula is C23H17F3N4OS. The number of amides is 1. The molecule has 0 spiro atoms. The zero-order valence-corrected chi connectivity index (χ0v) is 17.6. The van der Waals surface area contributed by atoms with Gasteiger partial charge < -0.3 is 5.32 Å². The molecular weight excluding hydrogens is 437 g/mol. The van der Waals surface area contributed by atoms with Crippen LogP contribution in [0.4, 0.5) is 18.9 Å². The Hall–Kier alpha value is -3.59. The number of thioether (sulfide) groups is 1. The first kappa shape index (κ1) is 21.6. The number of hydrogen-bond donors (Lipinski definition) is 1. The fourth-order valence-corrected chi connectivity index (χ4v) is 3.86. The molecule has 1 heterocycles. The van der Waals surface area contributed by atoms with E-state index in [1.807, 2.05) is 30.3 Å². The molecule has 4 rings (SSSR count). The van der Waals surface area contributed by atoms with Crippen LogP contribution in [0.1, 0.15) is 6.92 Å². The van der Waals surface area contributed by atoms with Gasteiger partial charge in [0.2, 0.25) is 5.91 Å². The predicted molar refractivity (Wildman–Crippen MR) is 117 cm³/mol. The van der Waals surface area contributed by atoms with Crippen LogP contribution in [-0.2, 0) is 4.79 Å². The largest absolute Gasteiger partial charge is 0.320 e. The molecule has 0 aliphatic rings. The zero-order chi connectivity index (χ0) is 22.7. The fourth-order valence-electron chi connectivity index (χ4n) is 3.00. The molecule has 162 valence electrons. The second-order valence-corrected chi connectivity index (χ2v) is 8.14. The molecule has 4 aromatic rings. The van der Waals surface area contributed by atoms with Gasteiger partial charge in [-0.2, -0.15) is 0 Å². The number of nitrogens with zero attached hydrogens (tertiary/aromatic N) is 3. The molecule has 0 radical (unpaired) electrons. The summed E-state index contributed by atoms with van der Waals surface area (Å²) in [6.45, 7) is 1.60. The van der Waals surface area contributed by atoms with Gasteiger partial charge in [0, 0.05) is 11.3 Å². The lowest BCUT2D eigenvalue weighted by molar-refractivity contribution is -0.115. The highest BCUT2D eigenvalue weighted by Gasteiger charge is 2.23. The maximum atomic E-state index is 13.9. The summed E-state index contributed by atoms with van der Waals surface area (Å²) in [7, 11) is 0. The van der Waals surface area contributed by atoms with E-state index < -0.39 is 28.5 Å². The van der Waals surface area contributed by atoms with Crippen molar-refractivity contribution in [3.8, 4) is 17.1 Å². The molecule has 0 saturated carbocycles. The lowest BCUT2D eigenvalue weighted by Crippen LogP contribution is -2.24. The van der Waals surface area contributed by atoms with Gasteiger partial charge in [-0.15, -0.1) is 10.2 Å². The van der Waals surface area contributed by atoms with Gasteiger partial charge in [-0.05, 0) is 55.5 Å². The van der Waals surface area contributed by atoms with Crippen molar-refractivity contribution in [1.82, 2.24) is 14.8 Å². The van der Waals surface area contributed by atoms with Crippen LogP contribution in [0.25, 0.3) is 17.1 Å². The topological polar surface area (TPSA) is 59.8 Å². The Kier molecular flexibility index (Phi) is 6.27. The van der Waals surface area contributed by atoms with Crippen LogP contribution in [0, 0.1) is 17.5 Å². The number of carbonyl (C=O) groups is 1. The number of aromatic nitrogens is 3. The average Bonchev–Trinajstić information content (AvgIpc) is 3.20. The molecule has 0 fully saturated rings. The minimum absolute atomic E-state index is 0.375. The van der Waals surface area contributed by atoms with Gasteiger partial charge in [0.15, 0.2) is 11.0 Å². The van der Waals surface area contributed by atoms with Crippen LogP contribution in [0.2, 0.25) is 0 Å². The van der Waals surface area contributed by atoms with Crippen molar-refractivity contribution in [2.75, 3.05) is 5.32 Å². The molecule has 3 aromatic carbocycles. The van der Waals surface area contributed by atoms with Crippen LogP contribution in [0.5, 0.6) is 0 Å². The summed E-state index contributed by atoms with van der Waals surface area (Å²) in [5.41, 5.74) is 0.883. The number of benzene rings is 3. The number of anilines is 1. The SMILES string of the molecule is CC(Sc1nnc(-c2ccc(F)cc2)n1-c1ccccc1)C(=O)Nc1c(F)cccc1F. The van der Waals surface area contributed by atoms with E-state index in [0.29, 0.717) is 16.5 Å². The highest BCUT2D eigenvalue weighted by molar-refractivity contribution is 8.00. The number of hydrogen-bond acceptors (Lipinski definition) is 4. The molecule has 1 atom stereocenters. The van der Waals surface area contributed by atoms with Gasteiger partial charge in [0.05, 0.1) is 5.25 Å². The normalized spacial score (nSPS) is 11.9. The van der Waals surface area contributed by atoms with E-state index in [1.165, 1.54) is 18.2 Å². The number of para-hydroxylation sites is 2. The maximum Gasteiger partial charge on any atom is 0.237 e. The summed E-state index contributed by atoms with van der Waals surface area (Å²) in [5, 5.41) is 10.4. The number of carbonyl (C=O) groups excluding carboxylic acids is 1. The monoisotopic (exact) mass is 454 g/mol. The molecule has 0 aliphatic heterocycles. The summed E-state index contributed by atoms with van der Waals surface area (Å²) >= 11 is 1.08. The molecule has 0 aliphatic carbocycles. The van der Waals surface area contributed by atoms with Crippen LogP contribution in [0.3, 0.4) is 0 Å². The van der Waals surface area contributed by atoms with Crippen LogP contribution in [-0.4, -0.2) is 25.9 Å². The molecule has 9 heteroatoms. The van der Waals surface area contributed by atoms with Crippen LogP contribution < -0.4 is 5.32 Å². The van der Waals surface area contributed by atoms with Crippen molar-refractivity contribution in [2.24, 2.45) is 0 Å². The third-order valence-electron chi connectivity index (χ3n) is 4.61. The summed E-state index contributed by atoms with van der Waals surface area (Å²) in [5.74, 6) is -2.22. The third kappa shape index (κ3) is 4.52. The van der Waals surface area contributed by atoms with Gasteiger partial charge >= 0.3 is 0 Å². The molecule has 5 nitrogen and oxygen atoms in total. The molecule has 1 unspecified atom stereocenters. The molecule has 1 amide bonds. The Balaban J connectivity index is 1.65. The standard InChI is InChI=1S/C23H17F3N4OS/c1-14(22(31)27-20-18(25)8-5-9-19(20)26)32-23-29-28-21(15-10-12-16(24)13-11-15)30(23)17-6-3-2-4-7-17/h2-14H,1H3,(H,27,31). The van der Waals surface area contributed by atoms with E-state index in [2.05, 4.69) is 15.5 Å². The predicted octanol–water partition coefficient (Wildman–Crippen LogP) is 5.47. The first-order valence-corrected chi connectivity index (χ1v) is 10.5. The molecule has 32 heavy (non-hydrogen) atoms. The van der Waals surface area contributed by atoms with Gasteiger partial charge in [0.25, 0.3) is 0 Å². The second kappa shape index (κ2) is 9.27. The van der Waals surface area contributed by atoms with Crippen molar-refractivity contribution in [3.63, 3.8) is 0 Å². The van der Waals surface area contributed by atoms with Crippen molar-refractivity contribution in [1.29, 1.82) is 0 Å². The van der Waals surface area contributed by atoms with Gasteiger partial charge in [-0.3, -0.25) is 9.36 Å². The Morgan fingerprint density at radius 1 is 0.906 bits per heavy atom. The van der Waals surface area contributed by atoms with Crippen molar-refractivity contribution >= 4 is 23.4 Å². The second-order valence-electron chi connectivity index (χ2n) is 6.83.